The molecule has 0 aliphatic carbocycles. The Morgan fingerprint density at radius 3 is 2.47 bits per heavy atom. The molecule has 3 aromatic rings. The number of aryl methyl sites for hydroxylation is 1. The highest BCUT2D eigenvalue weighted by Gasteiger charge is 2.31. The van der Waals surface area contributed by atoms with E-state index in [1.807, 2.05) is 13.8 Å². The lowest BCUT2D eigenvalue weighted by Crippen LogP contribution is -2.17. The Kier molecular flexibility index (Phi) is 5.94. The lowest BCUT2D eigenvalue weighted by atomic mass is 10.0. The van der Waals surface area contributed by atoms with Crippen molar-refractivity contribution in [2.75, 3.05) is 5.32 Å². The molecule has 3 rings (SSSR count). The van der Waals surface area contributed by atoms with Gasteiger partial charge in [-0.05, 0) is 43.2 Å². The van der Waals surface area contributed by atoms with E-state index in [-0.39, 0.29) is 39.0 Å². The largest absolute Gasteiger partial charge is 0.354 e. The van der Waals surface area contributed by atoms with Gasteiger partial charge in [0.2, 0.25) is 0 Å². The van der Waals surface area contributed by atoms with Crippen LogP contribution in [-0.2, 0) is 5.92 Å². The fraction of sp³-hybridized carbons (Fsp3) is 0.273. The molecule has 0 saturated heterocycles. The monoisotopic (exact) mass is 435 g/mol. The maximum atomic E-state index is 14.4. The number of rotatable bonds is 5. The number of benzene rings is 1. The number of nitrogens with one attached hydrogen (secondary N) is 2. The number of H-pyrrole nitrogens is 1. The van der Waals surface area contributed by atoms with Crippen LogP contribution in [-0.4, -0.2) is 9.97 Å². The van der Waals surface area contributed by atoms with Crippen molar-refractivity contribution < 1.29 is 13.2 Å². The van der Waals surface area contributed by atoms with Gasteiger partial charge in [0, 0.05) is 35.1 Å². The molecular weight excluding hydrogens is 415 g/mol. The zero-order valence-electron chi connectivity index (χ0n) is 16.9. The predicted octanol–water partition coefficient (Wildman–Crippen LogP) is 6.52. The molecule has 8 heteroatoms. The van der Waals surface area contributed by atoms with Crippen LogP contribution in [0.25, 0.3) is 11.1 Å². The minimum Gasteiger partial charge on any atom is -0.354 e. The Morgan fingerprint density at radius 1 is 1.13 bits per heavy atom. The van der Waals surface area contributed by atoms with E-state index in [4.69, 9.17) is 11.6 Å². The normalized spacial score (nSPS) is 11.8. The molecule has 0 aliphatic rings. The Labute approximate surface area is 177 Å². The molecule has 0 saturated carbocycles. The van der Waals surface area contributed by atoms with Crippen molar-refractivity contribution in [3.05, 3.63) is 74.7 Å². The van der Waals surface area contributed by atoms with Crippen LogP contribution in [0.4, 0.5) is 24.5 Å². The lowest BCUT2D eigenvalue weighted by molar-refractivity contribution is 0.0172. The molecule has 2 aromatic heterocycles. The van der Waals surface area contributed by atoms with Crippen molar-refractivity contribution >= 4 is 23.0 Å². The molecule has 30 heavy (non-hydrogen) atoms. The van der Waals surface area contributed by atoms with Gasteiger partial charge in [-0.25, -0.2) is 13.2 Å². The Bertz CT molecular complexity index is 1150. The van der Waals surface area contributed by atoms with E-state index in [1.165, 1.54) is 43.5 Å². The molecule has 4 nitrogen and oxygen atoms in total. The molecule has 0 fully saturated rings. The van der Waals surface area contributed by atoms with Gasteiger partial charge in [-0.15, -0.1) is 0 Å². The highest BCUT2D eigenvalue weighted by atomic mass is 35.5. The molecule has 0 spiro atoms. The van der Waals surface area contributed by atoms with E-state index in [1.54, 1.807) is 0 Å². The van der Waals surface area contributed by atoms with Gasteiger partial charge in [-0.1, -0.05) is 25.4 Å². The van der Waals surface area contributed by atoms with Gasteiger partial charge in [-0.3, -0.25) is 9.78 Å². The van der Waals surface area contributed by atoms with Crippen molar-refractivity contribution in [1.82, 2.24) is 9.97 Å². The molecule has 0 atom stereocenters. The minimum atomic E-state index is -3.14. The Balaban J connectivity index is 2.22. The summed E-state index contributed by atoms with van der Waals surface area (Å²) in [6, 6.07) is 6.79. The molecule has 0 unspecified atom stereocenters. The third-order valence-electron chi connectivity index (χ3n) is 4.72. The van der Waals surface area contributed by atoms with E-state index in [0.29, 0.717) is 11.4 Å². The smallest absolute Gasteiger partial charge is 0.274 e. The second kappa shape index (κ2) is 8.14. The summed E-state index contributed by atoms with van der Waals surface area (Å²) in [6.45, 7) is 6.00. The van der Waals surface area contributed by atoms with Crippen LogP contribution in [0.3, 0.4) is 0 Å². The van der Waals surface area contributed by atoms with Gasteiger partial charge >= 0.3 is 0 Å². The number of hydrogen-bond donors (Lipinski definition) is 2. The minimum absolute atomic E-state index is 0.0223. The standard InChI is InChI=1S/C22H21ClF3N3O/c1-11(2)20-18(28-17-7-8-27-12(3)19(17)22(4,25)26)10-15(21(30)29-20)14-9-13(23)5-6-16(14)24/h5-11H,1-4H3,(H,27,28)(H,29,30). The first-order valence-electron chi connectivity index (χ1n) is 9.32. The Hall–Kier alpha value is -2.80. The summed E-state index contributed by atoms with van der Waals surface area (Å²) in [7, 11) is 0. The first-order valence-corrected chi connectivity index (χ1v) is 9.70. The quantitative estimate of drug-likeness (QED) is 0.480. The van der Waals surface area contributed by atoms with Gasteiger partial charge in [0.05, 0.1) is 22.5 Å². The molecule has 0 bridgehead atoms. The molecule has 2 heterocycles. The zero-order valence-corrected chi connectivity index (χ0v) is 17.7. The predicted molar refractivity (Wildman–Crippen MR) is 113 cm³/mol. The summed E-state index contributed by atoms with van der Waals surface area (Å²) in [5, 5.41) is 3.27. The fourth-order valence-electron chi connectivity index (χ4n) is 3.38. The van der Waals surface area contributed by atoms with Gasteiger partial charge in [-0.2, -0.15) is 0 Å². The second-order valence-corrected chi connectivity index (χ2v) is 7.89. The van der Waals surface area contributed by atoms with Gasteiger partial charge < -0.3 is 10.3 Å². The maximum absolute atomic E-state index is 14.4. The first kappa shape index (κ1) is 21.9. The van der Waals surface area contributed by atoms with E-state index in [0.717, 1.165) is 6.92 Å². The van der Waals surface area contributed by atoms with Crippen LogP contribution in [0.1, 0.15) is 43.6 Å². The summed E-state index contributed by atoms with van der Waals surface area (Å²) in [5.41, 5.74) is 0.539. The summed E-state index contributed by atoms with van der Waals surface area (Å²) >= 11 is 5.97. The SMILES string of the molecule is Cc1nccc(Nc2cc(-c3cc(Cl)ccc3F)c(=O)[nH]c2C(C)C)c1C(C)(F)F. The number of aromatic nitrogens is 2. The van der Waals surface area contributed by atoms with Crippen molar-refractivity contribution in [2.45, 2.75) is 39.5 Å². The summed E-state index contributed by atoms with van der Waals surface area (Å²) in [6.07, 6.45) is 1.42. The highest BCUT2D eigenvalue weighted by Crippen LogP contribution is 2.37. The van der Waals surface area contributed by atoms with Gasteiger partial charge in [0.1, 0.15) is 5.82 Å². The van der Waals surface area contributed by atoms with E-state index >= 15 is 0 Å². The molecule has 0 aliphatic heterocycles. The van der Waals surface area contributed by atoms with Crippen LogP contribution < -0.4 is 10.9 Å². The van der Waals surface area contributed by atoms with Crippen LogP contribution in [0.15, 0.2) is 41.3 Å². The molecule has 2 N–H and O–H groups in total. The maximum Gasteiger partial charge on any atom is 0.274 e. The summed E-state index contributed by atoms with van der Waals surface area (Å²) in [5.74, 6) is -3.89. The third-order valence-corrected chi connectivity index (χ3v) is 4.95. The zero-order chi connectivity index (χ0) is 22.2. The topological polar surface area (TPSA) is 57.8 Å². The first-order chi connectivity index (χ1) is 14.0. The lowest BCUT2D eigenvalue weighted by Gasteiger charge is -2.21. The van der Waals surface area contributed by atoms with Crippen LogP contribution in [0.2, 0.25) is 5.02 Å². The Morgan fingerprint density at radius 2 is 1.83 bits per heavy atom. The van der Waals surface area contributed by atoms with Crippen molar-refractivity contribution in [3.63, 3.8) is 0 Å². The number of hydrogen-bond acceptors (Lipinski definition) is 3. The number of alkyl halides is 2. The molecular formula is C22H21ClF3N3O. The van der Waals surface area contributed by atoms with Crippen molar-refractivity contribution in [2.24, 2.45) is 0 Å². The van der Waals surface area contributed by atoms with Crippen molar-refractivity contribution in [3.8, 4) is 11.1 Å². The van der Waals surface area contributed by atoms with Crippen molar-refractivity contribution in [1.29, 1.82) is 0 Å². The molecule has 0 amide bonds. The third kappa shape index (κ3) is 4.36. The van der Waals surface area contributed by atoms with E-state index in [2.05, 4.69) is 15.3 Å². The van der Waals surface area contributed by atoms with Gasteiger partial charge in [0.25, 0.3) is 11.5 Å². The number of pyridine rings is 2. The molecule has 158 valence electrons. The van der Waals surface area contributed by atoms with E-state index < -0.39 is 17.3 Å². The molecule has 1 aromatic carbocycles. The second-order valence-electron chi connectivity index (χ2n) is 7.45. The number of aromatic amines is 1. The fourth-order valence-corrected chi connectivity index (χ4v) is 3.55. The average molecular weight is 436 g/mol. The van der Waals surface area contributed by atoms with Gasteiger partial charge in [0.15, 0.2) is 0 Å². The summed E-state index contributed by atoms with van der Waals surface area (Å²) < 4.78 is 42.9. The highest BCUT2D eigenvalue weighted by molar-refractivity contribution is 6.30. The van der Waals surface area contributed by atoms with Crippen LogP contribution in [0, 0.1) is 12.7 Å². The number of anilines is 2. The average Bonchev–Trinajstić information content (AvgIpc) is 2.63. The number of halogens is 4. The number of nitrogens with zero attached hydrogens (tertiary/aromatic N) is 1. The van der Waals surface area contributed by atoms with E-state index in [9.17, 15) is 18.0 Å². The van der Waals surface area contributed by atoms with Crippen LogP contribution >= 0.6 is 11.6 Å². The summed E-state index contributed by atoms with van der Waals surface area (Å²) in [4.78, 5) is 19.4. The van der Waals surface area contributed by atoms with Crippen LogP contribution in [0.5, 0.6) is 0 Å². The molecule has 0 radical (unpaired) electrons.